The number of rotatable bonds is 2. The molecule has 0 unspecified atom stereocenters. The average molecular weight is 471 g/mol. The van der Waals surface area contributed by atoms with Gasteiger partial charge in [0.2, 0.25) is 9.84 Å². The number of likely N-dealkylation sites (tertiary alicyclic amines) is 1. The van der Waals surface area contributed by atoms with Crippen molar-refractivity contribution in [3.63, 3.8) is 0 Å². The maximum Gasteiger partial charge on any atom is 0.416 e. The lowest BCUT2D eigenvalue weighted by molar-refractivity contribution is -0.137. The molecular weight excluding hydrogens is 453 g/mol. The molecule has 2 heterocycles. The molecule has 0 bridgehead atoms. The van der Waals surface area contributed by atoms with Crippen LogP contribution in [0.2, 0.25) is 5.02 Å². The van der Waals surface area contributed by atoms with Crippen LogP contribution in [-0.4, -0.2) is 32.3 Å². The predicted octanol–water partition coefficient (Wildman–Crippen LogP) is 5.14. The molecular formula is C21H18ClF3N2O3S. The zero-order valence-corrected chi connectivity index (χ0v) is 17.8. The third kappa shape index (κ3) is 4.04. The average Bonchev–Trinajstić information content (AvgIpc) is 2.73. The highest BCUT2D eigenvalue weighted by Gasteiger charge is 2.39. The van der Waals surface area contributed by atoms with Crippen molar-refractivity contribution in [2.45, 2.75) is 30.3 Å². The minimum absolute atomic E-state index is 0.0668. The predicted molar refractivity (Wildman–Crippen MR) is 111 cm³/mol. The van der Waals surface area contributed by atoms with E-state index in [1.165, 1.54) is 40.1 Å². The number of alkyl halides is 3. The summed E-state index contributed by atoms with van der Waals surface area (Å²) in [5, 5.41) is 0.213. The highest BCUT2D eigenvalue weighted by Crippen LogP contribution is 2.42. The number of anilines is 2. The summed E-state index contributed by atoms with van der Waals surface area (Å²) in [5.41, 5.74) is -0.737. The quantitative estimate of drug-likeness (QED) is 0.610. The number of amides is 1. The number of fused-ring (bicyclic) bond motifs is 1. The van der Waals surface area contributed by atoms with Crippen LogP contribution < -0.4 is 4.90 Å². The molecule has 2 aliphatic heterocycles. The number of hydrogen-bond donors (Lipinski definition) is 0. The van der Waals surface area contributed by atoms with Crippen molar-refractivity contribution in [1.82, 2.24) is 4.90 Å². The third-order valence-electron chi connectivity index (χ3n) is 5.31. The van der Waals surface area contributed by atoms with Gasteiger partial charge in [0.15, 0.2) is 4.91 Å². The first kappa shape index (κ1) is 21.7. The molecule has 0 aliphatic carbocycles. The maximum atomic E-state index is 13.3. The van der Waals surface area contributed by atoms with E-state index >= 15 is 0 Å². The molecule has 1 saturated heterocycles. The fourth-order valence-corrected chi connectivity index (χ4v) is 5.44. The zero-order valence-electron chi connectivity index (χ0n) is 16.2. The highest BCUT2D eigenvalue weighted by molar-refractivity contribution is 7.96. The molecule has 1 fully saturated rings. The van der Waals surface area contributed by atoms with Crippen LogP contribution in [-0.2, 0) is 20.8 Å². The Morgan fingerprint density at radius 3 is 2.39 bits per heavy atom. The molecule has 0 N–H and O–H groups in total. The summed E-state index contributed by atoms with van der Waals surface area (Å²) in [6.07, 6.45) is -0.996. The van der Waals surface area contributed by atoms with Crippen molar-refractivity contribution in [2.75, 3.05) is 18.0 Å². The summed E-state index contributed by atoms with van der Waals surface area (Å²) in [4.78, 5) is 15.2. The van der Waals surface area contributed by atoms with E-state index in [0.717, 1.165) is 37.6 Å². The zero-order chi connectivity index (χ0) is 22.4. The molecule has 2 aromatic carbocycles. The Morgan fingerprint density at radius 2 is 1.71 bits per heavy atom. The number of sulfone groups is 1. The number of piperidine rings is 1. The van der Waals surface area contributed by atoms with Crippen molar-refractivity contribution < 1.29 is 26.4 Å². The first-order valence-corrected chi connectivity index (χ1v) is 11.5. The Bertz CT molecular complexity index is 1170. The van der Waals surface area contributed by atoms with Crippen LogP contribution in [0.1, 0.15) is 24.8 Å². The number of nitrogens with zero attached hydrogens (tertiary/aromatic N) is 2. The largest absolute Gasteiger partial charge is 0.416 e. The number of hydrogen-bond acceptors (Lipinski definition) is 4. The second kappa shape index (κ2) is 7.87. The van der Waals surface area contributed by atoms with Crippen LogP contribution in [0.5, 0.6) is 0 Å². The van der Waals surface area contributed by atoms with Crippen molar-refractivity contribution >= 4 is 38.7 Å². The molecule has 5 nitrogen and oxygen atoms in total. The van der Waals surface area contributed by atoms with Gasteiger partial charge in [-0.3, -0.25) is 4.79 Å². The molecule has 0 saturated carbocycles. The van der Waals surface area contributed by atoms with Crippen molar-refractivity contribution in [3.05, 3.63) is 64.2 Å². The van der Waals surface area contributed by atoms with E-state index in [2.05, 4.69) is 0 Å². The van der Waals surface area contributed by atoms with Gasteiger partial charge in [-0.2, -0.15) is 13.2 Å². The summed E-state index contributed by atoms with van der Waals surface area (Å²) in [6, 6.07) is 8.46. The van der Waals surface area contributed by atoms with Gasteiger partial charge in [0.25, 0.3) is 5.91 Å². The summed E-state index contributed by atoms with van der Waals surface area (Å²) in [7, 11) is -4.18. The van der Waals surface area contributed by atoms with Crippen molar-refractivity contribution in [3.8, 4) is 0 Å². The molecule has 4 rings (SSSR count). The lowest BCUT2D eigenvalue weighted by atomic mass is 10.1. The Balaban J connectivity index is 1.88. The normalized spacial score (nSPS) is 18.4. The molecule has 31 heavy (non-hydrogen) atoms. The van der Waals surface area contributed by atoms with Crippen LogP contribution in [0.15, 0.2) is 58.5 Å². The second-order valence-corrected chi connectivity index (χ2v) is 9.70. The number of carbonyl (C=O) groups is 1. The van der Waals surface area contributed by atoms with Gasteiger partial charge in [-0.25, -0.2) is 8.42 Å². The fraction of sp³-hybridized carbons (Fsp3) is 0.286. The molecule has 0 spiro atoms. The van der Waals surface area contributed by atoms with Crippen LogP contribution in [0.25, 0.3) is 0 Å². The van der Waals surface area contributed by atoms with Gasteiger partial charge in [-0.1, -0.05) is 17.7 Å². The van der Waals surface area contributed by atoms with Crippen molar-refractivity contribution in [2.24, 2.45) is 0 Å². The van der Waals surface area contributed by atoms with E-state index in [-0.39, 0.29) is 21.3 Å². The maximum absolute atomic E-state index is 13.3. The smallest absolute Gasteiger partial charge is 0.338 e. The lowest BCUT2D eigenvalue weighted by Gasteiger charge is -2.32. The van der Waals surface area contributed by atoms with Crippen LogP contribution in [0.4, 0.5) is 24.5 Å². The Labute approximate surface area is 182 Å². The van der Waals surface area contributed by atoms with Crippen molar-refractivity contribution in [1.29, 1.82) is 0 Å². The summed E-state index contributed by atoms with van der Waals surface area (Å²) < 4.78 is 66.2. The molecule has 1 amide bonds. The minimum atomic E-state index is -4.58. The van der Waals surface area contributed by atoms with E-state index in [1.54, 1.807) is 0 Å². The van der Waals surface area contributed by atoms with E-state index in [0.29, 0.717) is 13.1 Å². The van der Waals surface area contributed by atoms with Crippen LogP contribution >= 0.6 is 11.6 Å². The van der Waals surface area contributed by atoms with E-state index in [9.17, 15) is 26.4 Å². The first-order chi connectivity index (χ1) is 14.6. The Kier molecular flexibility index (Phi) is 5.51. The molecule has 0 aromatic heterocycles. The lowest BCUT2D eigenvalue weighted by Crippen LogP contribution is -2.39. The number of carbonyl (C=O) groups excluding carboxylic acids is 1. The van der Waals surface area contributed by atoms with Gasteiger partial charge < -0.3 is 9.80 Å². The fourth-order valence-electron chi connectivity index (χ4n) is 3.75. The summed E-state index contributed by atoms with van der Waals surface area (Å²) >= 11 is 6.05. The molecule has 164 valence electrons. The molecule has 10 heteroatoms. The van der Waals surface area contributed by atoms with Gasteiger partial charge in [-0.15, -0.1) is 0 Å². The van der Waals surface area contributed by atoms with Crippen LogP contribution in [0, 0.1) is 0 Å². The standard InChI is InChI=1S/C21H18ClF3N2O3S/c22-15-7-8-18-17(12-15)27(16-6-4-5-14(11-16)21(23,24)25)13-19(31(18,29)30)20(28)26-9-2-1-3-10-26/h4-8,11-13H,1-3,9-10H2. The van der Waals surface area contributed by atoms with Gasteiger partial charge in [0, 0.05) is 30.0 Å². The van der Waals surface area contributed by atoms with Gasteiger partial charge in [-0.05, 0) is 55.7 Å². The Hall–Kier alpha value is -2.52. The highest BCUT2D eigenvalue weighted by atomic mass is 35.5. The second-order valence-electron chi connectivity index (χ2n) is 7.38. The van der Waals surface area contributed by atoms with E-state index in [4.69, 9.17) is 11.6 Å². The molecule has 0 atom stereocenters. The van der Waals surface area contributed by atoms with Gasteiger partial charge in [0.1, 0.15) is 0 Å². The summed E-state index contributed by atoms with van der Waals surface area (Å²) in [6.45, 7) is 0.867. The number of halogens is 4. The van der Waals surface area contributed by atoms with Crippen LogP contribution in [0.3, 0.4) is 0 Å². The first-order valence-electron chi connectivity index (χ1n) is 9.61. The molecule has 2 aromatic rings. The van der Waals surface area contributed by atoms with E-state index in [1.807, 2.05) is 0 Å². The SMILES string of the molecule is O=C(C1=CN(c2cccc(C(F)(F)F)c2)c2cc(Cl)ccc2S1(=O)=O)N1CCCCC1. The van der Waals surface area contributed by atoms with Gasteiger partial charge >= 0.3 is 6.18 Å². The third-order valence-corrected chi connectivity index (χ3v) is 7.33. The molecule has 0 radical (unpaired) electrons. The Morgan fingerprint density at radius 1 is 1.00 bits per heavy atom. The molecule has 2 aliphatic rings. The number of benzene rings is 2. The topological polar surface area (TPSA) is 57.7 Å². The summed E-state index contributed by atoms with van der Waals surface area (Å²) in [5.74, 6) is -0.655. The van der Waals surface area contributed by atoms with Gasteiger partial charge in [0.05, 0.1) is 16.1 Å². The van der Waals surface area contributed by atoms with E-state index < -0.39 is 32.4 Å². The monoisotopic (exact) mass is 470 g/mol. The minimum Gasteiger partial charge on any atom is -0.338 e.